The van der Waals surface area contributed by atoms with E-state index < -0.39 is 0 Å². The number of aromatic nitrogens is 3. The largest absolute Gasteiger partial charge is 0.254 e. The van der Waals surface area contributed by atoms with Crippen molar-refractivity contribution >= 4 is 10.9 Å². The highest BCUT2D eigenvalue weighted by Crippen LogP contribution is 2.18. The SMILES string of the molecule is c1ccc2ncc3ncnc-3cc2c1. The van der Waals surface area contributed by atoms with Crippen LogP contribution in [0.25, 0.3) is 22.3 Å². The van der Waals surface area contributed by atoms with Gasteiger partial charge in [0.2, 0.25) is 0 Å². The second-order valence-electron chi connectivity index (χ2n) is 3.11. The predicted octanol–water partition coefficient (Wildman–Crippen LogP) is 2.13. The van der Waals surface area contributed by atoms with Gasteiger partial charge in [-0.05, 0) is 12.1 Å². The van der Waals surface area contributed by atoms with Gasteiger partial charge in [-0.15, -0.1) is 0 Å². The fraction of sp³-hybridized carbons (Fsp3) is 0. The van der Waals surface area contributed by atoms with Crippen LogP contribution in [0.3, 0.4) is 0 Å². The van der Waals surface area contributed by atoms with Crippen molar-refractivity contribution in [3.8, 4) is 11.4 Å². The average molecular weight is 181 g/mol. The Morgan fingerprint density at radius 3 is 2.71 bits per heavy atom. The molecule has 0 aliphatic carbocycles. The number of hydrogen-bond acceptors (Lipinski definition) is 3. The maximum atomic E-state index is 4.34. The third-order valence-corrected chi connectivity index (χ3v) is 2.21. The zero-order valence-corrected chi connectivity index (χ0v) is 7.38. The average Bonchev–Trinajstić information content (AvgIpc) is 2.58. The number of imidazole rings is 1. The molecule has 2 aliphatic heterocycles. The molecule has 1 aromatic rings. The van der Waals surface area contributed by atoms with Crippen LogP contribution in [-0.4, -0.2) is 15.0 Å². The lowest BCUT2D eigenvalue weighted by molar-refractivity contribution is 1.32. The molecule has 0 N–H and O–H groups in total. The molecule has 2 heterocycles. The minimum Gasteiger partial charge on any atom is -0.254 e. The molecule has 3 heteroatoms. The van der Waals surface area contributed by atoms with Crippen LogP contribution in [0.15, 0.2) is 42.9 Å². The van der Waals surface area contributed by atoms with Crippen LogP contribution >= 0.6 is 0 Å². The molecule has 3 nitrogen and oxygen atoms in total. The molecule has 0 atom stereocenters. The summed E-state index contributed by atoms with van der Waals surface area (Å²) in [6, 6.07) is 9.97. The smallest absolute Gasteiger partial charge is 0.116 e. The first kappa shape index (κ1) is 7.38. The Kier molecular flexibility index (Phi) is 1.44. The minimum absolute atomic E-state index is 0.834. The van der Waals surface area contributed by atoms with Gasteiger partial charge in [0, 0.05) is 5.39 Å². The molecule has 0 unspecified atom stereocenters. The minimum atomic E-state index is 0.834. The van der Waals surface area contributed by atoms with Gasteiger partial charge in [0.15, 0.2) is 0 Å². The number of nitrogens with zero attached hydrogens (tertiary/aromatic N) is 3. The van der Waals surface area contributed by atoms with E-state index in [9.17, 15) is 0 Å². The summed E-state index contributed by atoms with van der Waals surface area (Å²) in [6.45, 7) is 0. The fourth-order valence-corrected chi connectivity index (χ4v) is 1.50. The van der Waals surface area contributed by atoms with Crippen molar-refractivity contribution in [3.05, 3.63) is 42.9 Å². The molecule has 0 spiro atoms. The quantitative estimate of drug-likeness (QED) is 0.533. The van der Waals surface area contributed by atoms with Gasteiger partial charge in [0.25, 0.3) is 0 Å². The first-order chi connectivity index (χ1) is 6.93. The highest BCUT2D eigenvalue weighted by Gasteiger charge is 2.03. The predicted molar refractivity (Wildman–Crippen MR) is 54.0 cm³/mol. The highest BCUT2D eigenvalue weighted by molar-refractivity contribution is 5.81. The molecule has 0 saturated carbocycles. The van der Waals surface area contributed by atoms with Gasteiger partial charge < -0.3 is 0 Å². The zero-order chi connectivity index (χ0) is 9.38. The molecule has 2 aliphatic rings. The van der Waals surface area contributed by atoms with E-state index >= 15 is 0 Å². The van der Waals surface area contributed by atoms with Crippen LogP contribution in [0.5, 0.6) is 0 Å². The van der Waals surface area contributed by atoms with E-state index in [0.717, 1.165) is 22.3 Å². The van der Waals surface area contributed by atoms with E-state index in [1.165, 1.54) is 0 Å². The molecule has 1 aromatic carbocycles. The van der Waals surface area contributed by atoms with E-state index in [2.05, 4.69) is 15.0 Å². The van der Waals surface area contributed by atoms with Gasteiger partial charge >= 0.3 is 0 Å². The summed E-state index contributed by atoms with van der Waals surface area (Å²) in [4.78, 5) is 12.6. The number of hydrogen-bond donors (Lipinski definition) is 0. The Morgan fingerprint density at radius 2 is 1.71 bits per heavy atom. The number of fused-ring (bicyclic) bond motifs is 2. The second kappa shape index (κ2) is 2.73. The maximum absolute atomic E-state index is 4.34. The lowest BCUT2D eigenvalue weighted by Gasteiger charge is -1.87. The van der Waals surface area contributed by atoms with Crippen LogP contribution in [0, 0.1) is 0 Å². The van der Waals surface area contributed by atoms with Gasteiger partial charge in [-0.3, -0.25) is 4.98 Å². The van der Waals surface area contributed by atoms with Gasteiger partial charge in [-0.1, -0.05) is 18.2 Å². The van der Waals surface area contributed by atoms with E-state index in [1.807, 2.05) is 30.3 Å². The molecule has 0 aromatic heterocycles. The Labute approximate surface area is 80.8 Å². The number of para-hydroxylation sites is 1. The maximum Gasteiger partial charge on any atom is 0.116 e. The highest BCUT2D eigenvalue weighted by atomic mass is 14.9. The molecule has 0 saturated heterocycles. The van der Waals surface area contributed by atoms with Crippen molar-refractivity contribution in [2.24, 2.45) is 0 Å². The summed E-state index contributed by atoms with van der Waals surface area (Å²) in [5.74, 6) is 0. The van der Waals surface area contributed by atoms with Crippen LogP contribution in [0.1, 0.15) is 0 Å². The van der Waals surface area contributed by atoms with E-state index in [1.54, 1.807) is 12.5 Å². The van der Waals surface area contributed by atoms with Crippen LogP contribution in [0.4, 0.5) is 0 Å². The molecule has 0 amide bonds. The molecular weight excluding hydrogens is 174 g/mol. The Morgan fingerprint density at radius 1 is 0.857 bits per heavy atom. The summed E-state index contributed by atoms with van der Waals surface area (Å²) >= 11 is 0. The topological polar surface area (TPSA) is 38.7 Å². The summed E-state index contributed by atoms with van der Waals surface area (Å²) < 4.78 is 0. The van der Waals surface area contributed by atoms with Gasteiger partial charge in [-0.25, -0.2) is 9.97 Å². The van der Waals surface area contributed by atoms with Gasteiger partial charge in [-0.2, -0.15) is 0 Å². The molecule has 0 radical (unpaired) electrons. The second-order valence-corrected chi connectivity index (χ2v) is 3.11. The number of rotatable bonds is 0. The van der Waals surface area contributed by atoms with E-state index in [0.29, 0.717) is 0 Å². The first-order valence-electron chi connectivity index (χ1n) is 4.39. The first-order valence-corrected chi connectivity index (χ1v) is 4.39. The molecule has 3 rings (SSSR count). The third kappa shape index (κ3) is 1.03. The lowest BCUT2D eigenvalue weighted by Crippen LogP contribution is -1.70. The lowest BCUT2D eigenvalue weighted by atomic mass is 10.2. The summed E-state index contributed by atoms with van der Waals surface area (Å²) in [6.07, 6.45) is 3.31. The van der Waals surface area contributed by atoms with Crippen molar-refractivity contribution in [1.29, 1.82) is 0 Å². The van der Waals surface area contributed by atoms with Crippen molar-refractivity contribution in [2.45, 2.75) is 0 Å². The standard InChI is InChI=1S/C11H7N3/c1-2-4-9-8(3-1)5-10-11(6-12-9)14-7-13-10/h1-7H. The number of benzene rings is 1. The monoisotopic (exact) mass is 181 g/mol. The van der Waals surface area contributed by atoms with Crippen LogP contribution in [0.2, 0.25) is 0 Å². The molecule has 0 fully saturated rings. The summed E-state index contributed by atoms with van der Waals surface area (Å²) in [5, 5.41) is 1.09. The van der Waals surface area contributed by atoms with Crippen molar-refractivity contribution in [3.63, 3.8) is 0 Å². The van der Waals surface area contributed by atoms with Crippen LogP contribution in [-0.2, 0) is 0 Å². The van der Waals surface area contributed by atoms with E-state index in [4.69, 9.17) is 0 Å². The van der Waals surface area contributed by atoms with E-state index in [-0.39, 0.29) is 0 Å². The van der Waals surface area contributed by atoms with Gasteiger partial charge in [0.1, 0.15) is 12.0 Å². The normalized spacial score (nSPS) is 10.9. The Balaban J connectivity index is 2.48. The molecular formula is C11H7N3. The van der Waals surface area contributed by atoms with Crippen molar-refractivity contribution in [1.82, 2.24) is 15.0 Å². The molecule has 14 heavy (non-hydrogen) atoms. The molecule has 0 bridgehead atoms. The van der Waals surface area contributed by atoms with Gasteiger partial charge in [0.05, 0.1) is 17.4 Å². The fourth-order valence-electron chi connectivity index (χ4n) is 1.50. The van der Waals surface area contributed by atoms with Crippen LogP contribution < -0.4 is 0 Å². The summed E-state index contributed by atoms with van der Waals surface area (Å²) in [5.41, 5.74) is 2.69. The Bertz CT molecular complexity index is 562. The zero-order valence-electron chi connectivity index (χ0n) is 7.38. The third-order valence-electron chi connectivity index (χ3n) is 2.21. The van der Waals surface area contributed by atoms with Crippen molar-refractivity contribution < 1.29 is 0 Å². The Hall–Kier alpha value is -2.03. The molecule has 66 valence electrons. The summed E-state index contributed by atoms with van der Waals surface area (Å²) in [7, 11) is 0. The van der Waals surface area contributed by atoms with Crippen molar-refractivity contribution in [2.75, 3.05) is 0 Å².